The maximum atomic E-state index is 5.35. The van der Waals surface area contributed by atoms with Crippen LogP contribution in [0, 0.1) is 36.0 Å². The summed E-state index contributed by atoms with van der Waals surface area (Å²) in [5.41, 5.74) is 12.0. The van der Waals surface area contributed by atoms with E-state index in [0.717, 1.165) is 0 Å². The summed E-state index contributed by atoms with van der Waals surface area (Å²) in [5.74, 6) is 0. The Labute approximate surface area is 76.9 Å². The summed E-state index contributed by atoms with van der Waals surface area (Å²) in [5, 5.41) is 0. The molecule has 0 aromatic heterocycles. The van der Waals surface area contributed by atoms with Gasteiger partial charge in [-0.05, 0) is 0 Å². The third-order valence-corrected chi connectivity index (χ3v) is 0.833. The Kier molecular flexibility index (Phi) is 3.71. The first-order chi connectivity index (χ1) is 3.79. The molecule has 0 heterocycles. The molecule has 4 N–H and O–H groups in total. The van der Waals surface area contributed by atoms with Crippen LogP contribution in [0.1, 0.15) is 0 Å². The average Bonchev–Trinajstić information content (AvgIpc) is 1.64. The normalized spacial score (nSPS) is 8.00. The van der Waals surface area contributed by atoms with Crippen LogP contribution < -0.4 is 11.5 Å². The second-order valence-corrected chi connectivity index (χ2v) is 1.60. The van der Waals surface area contributed by atoms with Crippen molar-refractivity contribution in [3.63, 3.8) is 0 Å². The van der Waals surface area contributed by atoms with Gasteiger partial charge >= 0.3 is 0 Å². The van der Waals surface area contributed by atoms with Gasteiger partial charge in [0, 0.05) is 29.9 Å². The predicted molar refractivity (Wildman–Crippen MR) is 34.1 cm³/mol. The third-order valence-electron chi connectivity index (χ3n) is 0.833. The first-order valence-electron chi connectivity index (χ1n) is 2.31. The topological polar surface area (TPSA) is 52.0 Å². The van der Waals surface area contributed by atoms with Crippen molar-refractivity contribution >= 4 is 11.4 Å². The average molecular weight is 344 g/mol. The van der Waals surface area contributed by atoms with E-state index >= 15 is 0 Å². The molecule has 0 fully saturated rings. The number of hydrogen-bond acceptors (Lipinski definition) is 2. The molecule has 2 nitrogen and oxygen atoms in total. The minimum absolute atomic E-state index is 0. The van der Waals surface area contributed by atoms with Crippen molar-refractivity contribution in [1.29, 1.82) is 0 Å². The molecule has 0 atom stereocenters. The van der Waals surface area contributed by atoms with Gasteiger partial charge in [-0.1, -0.05) is 11.4 Å². The van der Waals surface area contributed by atoms with E-state index in [1.807, 2.05) is 0 Å². The van der Waals surface area contributed by atoms with Gasteiger partial charge in [0.15, 0.2) is 0 Å². The number of nitrogens with two attached hydrogens (primary N) is 2. The zero-order valence-corrected chi connectivity index (χ0v) is 8.56. The molecule has 47 valence electrons. The van der Waals surface area contributed by atoms with Crippen LogP contribution in [0.25, 0.3) is 0 Å². The molecule has 0 aliphatic heterocycles. The van der Waals surface area contributed by atoms with Gasteiger partial charge in [0.2, 0.25) is 0 Å². The summed E-state index contributed by atoms with van der Waals surface area (Å²) < 4.78 is 0. The van der Waals surface area contributed by atoms with E-state index in [1.165, 1.54) is 0 Å². The second kappa shape index (κ2) is 3.78. The van der Waals surface area contributed by atoms with Crippen LogP contribution >= 0.6 is 0 Å². The molecule has 0 saturated carbocycles. The summed E-state index contributed by atoms with van der Waals surface area (Å²) in [7, 11) is 0. The van der Waals surface area contributed by atoms with Crippen molar-refractivity contribution in [2.45, 2.75) is 0 Å². The molecule has 0 aliphatic carbocycles. The van der Waals surface area contributed by atoms with Crippen molar-refractivity contribution in [1.82, 2.24) is 0 Å². The predicted octanol–water partition coefficient (Wildman–Crippen LogP) is 0.651. The van der Waals surface area contributed by atoms with Gasteiger partial charge in [-0.2, -0.15) is 18.2 Å². The molecule has 0 spiro atoms. The largest absolute Gasteiger partial charge is 0.449 e. The van der Waals surface area contributed by atoms with Crippen molar-refractivity contribution in [3.05, 3.63) is 24.3 Å². The monoisotopic (exact) mass is 343 g/mol. The Morgan fingerprint density at radius 1 is 1.11 bits per heavy atom. The van der Waals surface area contributed by atoms with Gasteiger partial charge in [0.05, 0.1) is 0 Å². The van der Waals surface area contributed by atoms with Crippen molar-refractivity contribution in [3.8, 4) is 0 Å². The van der Waals surface area contributed by atoms with Gasteiger partial charge in [-0.15, -0.1) is 6.07 Å². The Hall–Kier alpha value is -0.167. The minimum atomic E-state index is 0. The molecule has 3 heteroatoms. The first kappa shape index (κ1) is 8.83. The summed E-state index contributed by atoms with van der Waals surface area (Å²) in [6.07, 6.45) is 0. The smallest absolute Gasteiger partial charge is 0 e. The van der Waals surface area contributed by atoms with Crippen LogP contribution in [-0.4, -0.2) is 0 Å². The SMILES string of the molecule is Nc1c[c-]cc(N)c1.[Np]. The van der Waals surface area contributed by atoms with E-state index in [-0.39, 0.29) is 29.9 Å². The molecule has 1 aromatic carbocycles. The van der Waals surface area contributed by atoms with E-state index in [4.69, 9.17) is 11.5 Å². The first-order valence-corrected chi connectivity index (χ1v) is 2.31. The zero-order valence-electron chi connectivity index (χ0n) is 4.83. The fourth-order valence-corrected chi connectivity index (χ4v) is 0.510. The van der Waals surface area contributed by atoms with Crippen LogP contribution in [-0.2, 0) is 0 Å². The van der Waals surface area contributed by atoms with E-state index < -0.39 is 0 Å². The van der Waals surface area contributed by atoms with E-state index in [1.54, 1.807) is 18.2 Å². The maximum Gasteiger partial charge on any atom is 0 e. The summed E-state index contributed by atoms with van der Waals surface area (Å²) in [6, 6.07) is 7.82. The van der Waals surface area contributed by atoms with Crippen LogP contribution in [0.2, 0.25) is 0 Å². The molecule has 0 saturated heterocycles. The molecule has 9 heavy (non-hydrogen) atoms. The summed E-state index contributed by atoms with van der Waals surface area (Å²) >= 11 is 0. The Morgan fingerprint density at radius 2 is 1.56 bits per heavy atom. The van der Waals surface area contributed by atoms with Crippen LogP contribution in [0.3, 0.4) is 0 Å². The second-order valence-electron chi connectivity index (χ2n) is 1.60. The van der Waals surface area contributed by atoms with Gasteiger partial charge in [-0.3, -0.25) is 0 Å². The van der Waals surface area contributed by atoms with Gasteiger partial charge in [-0.25, -0.2) is 0 Å². The summed E-state index contributed by atoms with van der Waals surface area (Å²) in [4.78, 5) is 0. The maximum absolute atomic E-state index is 5.35. The standard InChI is InChI=1S/C6H7N2.Np/c7-5-2-1-3-6(8)4-5;/h2-4H,7-8H2;/q-1;. The quantitative estimate of drug-likeness (QED) is 0.537. The van der Waals surface area contributed by atoms with E-state index in [0.29, 0.717) is 11.4 Å². The number of nitrogen functional groups attached to an aromatic ring is 2. The van der Waals surface area contributed by atoms with Crippen molar-refractivity contribution in [2.75, 3.05) is 11.5 Å². The van der Waals surface area contributed by atoms with Crippen molar-refractivity contribution in [2.24, 2.45) is 0 Å². The fourth-order valence-electron chi connectivity index (χ4n) is 0.510. The molecule has 1 aromatic rings. The number of hydrogen-bond donors (Lipinski definition) is 2. The Morgan fingerprint density at radius 3 is 1.78 bits per heavy atom. The zero-order chi connectivity index (χ0) is 5.98. The van der Waals surface area contributed by atoms with Gasteiger partial charge < -0.3 is 11.5 Å². The summed E-state index contributed by atoms with van der Waals surface area (Å²) in [6.45, 7) is 0. The molecule has 0 bridgehead atoms. The minimum Gasteiger partial charge on any atom is -0.449 e. The van der Waals surface area contributed by atoms with Crippen molar-refractivity contribution < 1.29 is 29.9 Å². The van der Waals surface area contributed by atoms with Crippen LogP contribution in [0.15, 0.2) is 18.2 Å². The fraction of sp³-hybridized carbons (Fsp3) is 0. The number of rotatable bonds is 0. The Balaban J connectivity index is 0.000000640. The molecular formula is C6H7N2Np-. The molecule has 1 radical (unpaired) electrons. The number of anilines is 2. The Bertz CT molecular complexity index is 171. The van der Waals surface area contributed by atoms with E-state index in [2.05, 4.69) is 6.07 Å². The van der Waals surface area contributed by atoms with E-state index in [9.17, 15) is 0 Å². The number of benzene rings is 1. The molecule has 0 amide bonds. The molecule has 1 rings (SSSR count). The van der Waals surface area contributed by atoms with Crippen LogP contribution in [0.4, 0.5) is 11.4 Å². The van der Waals surface area contributed by atoms with Gasteiger partial charge in [0.1, 0.15) is 0 Å². The molecule has 0 unspecified atom stereocenters. The third kappa shape index (κ3) is 2.76. The molecular weight excluding hydrogens is 337 g/mol. The van der Waals surface area contributed by atoms with Crippen LogP contribution in [0.5, 0.6) is 0 Å². The van der Waals surface area contributed by atoms with Gasteiger partial charge in [0.25, 0.3) is 0 Å². The molecule has 0 aliphatic rings.